The van der Waals surface area contributed by atoms with Crippen molar-refractivity contribution in [3.8, 4) is 5.75 Å². The van der Waals surface area contributed by atoms with Crippen LogP contribution in [0.5, 0.6) is 5.75 Å². The lowest BCUT2D eigenvalue weighted by atomic mass is 9.76. The van der Waals surface area contributed by atoms with Crippen LogP contribution in [0.1, 0.15) is 70.8 Å². The standard InChI is InChI=1S/C34H49F3N4O3/c1-32(2,29-24-28(10-11-30(29)43-4)40-17-6-5-7-18-40)14-15-33(42,34(35,36)37)25-27(38-3)23-26-9-12-31(39-16-13-26)41-19-8-21-44-22-20-41/h10-13,16,23-24,38,42H,5-9,14-15,17-22,25H2,1-4H3/b27-23-. The highest BCUT2D eigenvalue weighted by molar-refractivity contribution is 5.75. The fourth-order valence-corrected chi connectivity index (χ4v) is 6.14. The number of aliphatic imine (C=N–C) groups is 1. The maximum Gasteiger partial charge on any atom is 0.417 e. The third kappa shape index (κ3) is 8.59. The summed E-state index contributed by atoms with van der Waals surface area (Å²) >= 11 is 0. The van der Waals surface area contributed by atoms with E-state index in [9.17, 15) is 18.3 Å². The molecule has 1 unspecified atom stereocenters. The molecule has 0 saturated carbocycles. The minimum atomic E-state index is -4.82. The molecule has 244 valence electrons. The topological polar surface area (TPSA) is 69.6 Å². The fraction of sp³-hybridized carbons (Fsp3) is 0.618. The maximum absolute atomic E-state index is 14.6. The van der Waals surface area contributed by atoms with Crippen LogP contribution in [0, 0.1) is 0 Å². The van der Waals surface area contributed by atoms with Gasteiger partial charge in [0.15, 0.2) is 5.60 Å². The predicted molar refractivity (Wildman–Crippen MR) is 170 cm³/mol. The van der Waals surface area contributed by atoms with E-state index in [4.69, 9.17) is 9.47 Å². The zero-order valence-electron chi connectivity index (χ0n) is 26.7. The van der Waals surface area contributed by atoms with Crippen LogP contribution in [0.3, 0.4) is 0 Å². The molecule has 0 aromatic heterocycles. The lowest BCUT2D eigenvalue weighted by Crippen LogP contribution is -2.47. The van der Waals surface area contributed by atoms with Gasteiger partial charge in [0.1, 0.15) is 11.6 Å². The molecule has 2 N–H and O–H groups in total. The number of aliphatic hydroxyl groups is 1. The number of nitrogens with one attached hydrogen (secondary N) is 1. The maximum atomic E-state index is 14.6. The van der Waals surface area contributed by atoms with Gasteiger partial charge >= 0.3 is 6.18 Å². The molecular weight excluding hydrogens is 569 g/mol. The van der Waals surface area contributed by atoms with Gasteiger partial charge < -0.3 is 29.7 Å². The van der Waals surface area contributed by atoms with Gasteiger partial charge in [0.25, 0.3) is 0 Å². The number of halogens is 3. The van der Waals surface area contributed by atoms with Crippen LogP contribution in [0.15, 0.2) is 58.5 Å². The number of benzene rings is 1. The number of ether oxygens (including phenoxy) is 2. The molecule has 44 heavy (non-hydrogen) atoms. The Kier molecular flexibility index (Phi) is 11.5. The number of hydrogen-bond donors (Lipinski definition) is 2. The molecule has 1 atom stereocenters. The number of alkyl halides is 3. The smallest absolute Gasteiger partial charge is 0.417 e. The Morgan fingerprint density at radius 2 is 1.80 bits per heavy atom. The van der Waals surface area contributed by atoms with Crippen LogP contribution in [0.2, 0.25) is 0 Å². The Hall–Kier alpha value is -2.98. The highest BCUT2D eigenvalue weighted by Crippen LogP contribution is 2.44. The number of piperidine rings is 1. The lowest BCUT2D eigenvalue weighted by Gasteiger charge is -2.36. The molecule has 0 bridgehead atoms. The second-order valence-corrected chi connectivity index (χ2v) is 12.7. The summed E-state index contributed by atoms with van der Waals surface area (Å²) in [5.41, 5.74) is -0.571. The molecule has 10 heteroatoms. The second-order valence-electron chi connectivity index (χ2n) is 12.7. The largest absolute Gasteiger partial charge is 0.496 e. The lowest BCUT2D eigenvalue weighted by molar-refractivity contribution is -0.263. The Balaban J connectivity index is 1.50. The van der Waals surface area contributed by atoms with Crippen LogP contribution in [0.25, 0.3) is 0 Å². The van der Waals surface area contributed by atoms with Gasteiger partial charge in [-0.3, -0.25) is 0 Å². The van der Waals surface area contributed by atoms with Crippen molar-refractivity contribution in [3.05, 3.63) is 59.1 Å². The van der Waals surface area contributed by atoms with Gasteiger partial charge in [-0.25, -0.2) is 4.99 Å². The minimum absolute atomic E-state index is 0.112. The number of allylic oxidation sites excluding steroid dienone is 4. The minimum Gasteiger partial charge on any atom is -0.496 e. The van der Waals surface area contributed by atoms with Gasteiger partial charge in [-0.1, -0.05) is 13.8 Å². The summed E-state index contributed by atoms with van der Waals surface area (Å²) in [7, 11) is 3.17. The molecule has 3 aliphatic heterocycles. The van der Waals surface area contributed by atoms with Crippen molar-refractivity contribution in [2.45, 2.75) is 82.4 Å². The number of hydrogen-bond acceptors (Lipinski definition) is 7. The summed E-state index contributed by atoms with van der Waals surface area (Å²) < 4.78 is 54.9. The van der Waals surface area contributed by atoms with Crippen molar-refractivity contribution in [2.24, 2.45) is 4.99 Å². The number of nitrogens with zero attached hydrogens (tertiary/aromatic N) is 3. The Bertz CT molecular complexity index is 1230. The van der Waals surface area contributed by atoms with E-state index in [1.165, 1.54) is 6.42 Å². The molecule has 4 rings (SSSR count). The van der Waals surface area contributed by atoms with E-state index in [-0.39, 0.29) is 6.42 Å². The van der Waals surface area contributed by atoms with Gasteiger partial charge in [-0.2, -0.15) is 13.2 Å². The molecule has 1 aromatic rings. The first-order valence-corrected chi connectivity index (χ1v) is 15.8. The summed E-state index contributed by atoms with van der Waals surface area (Å²) in [4.78, 5) is 9.06. The highest BCUT2D eigenvalue weighted by atomic mass is 19.4. The Morgan fingerprint density at radius 1 is 1.05 bits per heavy atom. The van der Waals surface area contributed by atoms with Gasteiger partial charge in [-0.05, 0) is 92.4 Å². The summed E-state index contributed by atoms with van der Waals surface area (Å²) in [5.74, 6) is 1.49. The zero-order chi connectivity index (χ0) is 31.8. The first kappa shape index (κ1) is 33.9. The number of rotatable bonds is 11. The van der Waals surface area contributed by atoms with E-state index < -0.39 is 30.0 Å². The first-order valence-electron chi connectivity index (χ1n) is 15.8. The number of methoxy groups -OCH3 is 1. The van der Waals surface area contributed by atoms with Crippen molar-refractivity contribution in [1.29, 1.82) is 0 Å². The van der Waals surface area contributed by atoms with Crippen molar-refractivity contribution in [2.75, 3.05) is 58.5 Å². The summed E-state index contributed by atoms with van der Waals surface area (Å²) in [5, 5.41) is 14.2. The fourth-order valence-electron chi connectivity index (χ4n) is 6.14. The van der Waals surface area contributed by atoms with E-state index in [0.29, 0.717) is 24.5 Å². The third-order valence-corrected chi connectivity index (χ3v) is 9.05. The SMILES string of the molecule is CN/C(=C\C1=CC=NC(N2CCCOCC2)=CC1)CC(O)(CCC(C)(C)c1cc(N2CCCCC2)ccc1OC)C(F)(F)F. The van der Waals surface area contributed by atoms with Crippen LogP contribution in [-0.2, 0) is 10.2 Å². The molecule has 7 nitrogen and oxygen atoms in total. The average Bonchev–Trinajstić information content (AvgIpc) is 3.43. The molecule has 3 heterocycles. The van der Waals surface area contributed by atoms with Gasteiger partial charge in [0, 0.05) is 69.4 Å². The Morgan fingerprint density at radius 3 is 2.50 bits per heavy atom. The quantitative estimate of drug-likeness (QED) is 0.295. The van der Waals surface area contributed by atoms with Crippen molar-refractivity contribution in [1.82, 2.24) is 10.2 Å². The third-order valence-electron chi connectivity index (χ3n) is 9.05. The summed E-state index contributed by atoms with van der Waals surface area (Å²) in [6.07, 6.45) is 6.34. The summed E-state index contributed by atoms with van der Waals surface area (Å²) in [6, 6.07) is 5.98. The van der Waals surface area contributed by atoms with Gasteiger partial charge in [-0.15, -0.1) is 0 Å². The molecule has 0 spiro atoms. The number of anilines is 1. The average molecular weight is 619 g/mol. The zero-order valence-corrected chi connectivity index (χ0v) is 26.7. The van der Waals surface area contributed by atoms with E-state index >= 15 is 0 Å². The summed E-state index contributed by atoms with van der Waals surface area (Å²) in [6.45, 7) is 8.74. The van der Waals surface area contributed by atoms with Crippen LogP contribution < -0.4 is 15.0 Å². The second kappa shape index (κ2) is 14.9. The molecule has 0 radical (unpaired) electrons. The normalized spacial score (nSPS) is 20.3. The van der Waals surface area contributed by atoms with Crippen LogP contribution in [-0.4, -0.2) is 81.5 Å². The van der Waals surface area contributed by atoms with E-state index in [0.717, 1.165) is 74.7 Å². The van der Waals surface area contributed by atoms with Crippen molar-refractivity contribution >= 4 is 11.9 Å². The monoisotopic (exact) mass is 618 g/mol. The molecule has 3 aliphatic rings. The van der Waals surface area contributed by atoms with E-state index in [1.807, 2.05) is 38.1 Å². The molecule has 2 fully saturated rings. The highest BCUT2D eigenvalue weighted by Gasteiger charge is 2.54. The van der Waals surface area contributed by atoms with Crippen molar-refractivity contribution in [3.63, 3.8) is 0 Å². The molecule has 0 amide bonds. The van der Waals surface area contributed by atoms with Crippen molar-refractivity contribution < 1.29 is 27.8 Å². The molecular formula is C34H49F3N4O3. The van der Waals surface area contributed by atoms with Gasteiger partial charge in [0.05, 0.1) is 13.7 Å². The predicted octanol–water partition coefficient (Wildman–Crippen LogP) is 6.49. The van der Waals surface area contributed by atoms with E-state index in [2.05, 4.69) is 26.2 Å². The molecule has 0 aliphatic carbocycles. The Labute approximate surface area is 260 Å². The van der Waals surface area contributed by atoms with Crippen LogP contribution >= 0.6 is 0 Å². The van der Waals surface area contributed by atoms with Gasteiger partial charge in [0.2, 0.25) is 0 Å². The van der Waals surface area contributed by atoms with E-state index in [1.54, 1.807) is 26.4 Å². The first-order chi connectivity index (χ1) is 21.0. The van der Waals surface area contributed by atoms with Crippen LogP contribution in [0.4, 0.5) is 18.9 Å². The molecule has 1 aromatic carbocycles. The molecule has 2 saturated heterocycles.